The zero-order valence-corrected chi connectivity index (χ0v) is 51.0. The van der Waals surface area contributed by atoms with Crippen LogP contribution in [0.15, 0.2) is 53.5 Å². The summed E-state index contributed by atoms with van der Waals surface area (Å²) < 4.78 is 59.5. The Labute approximate surface area is 506 Å². The summed E-state index contributed by atoms with van der Waals surface area (Å²) in [7, 11) is 1.49. The maximum atomic E-state index is 17.6. The van der Waals surface area contributed by atoms with E-state index in [9.17, 15) is 19.2 Å². The molecule has 3 unspecified atom stereocenters. The van der Waals surface area contributed by atoms with E-state index < -0.39 is 29.2 Å². The number of fused-ring (bicyclic) bond motifs is 5. The summed E-state index contributed by atoms with van der Waals surface area (Å²) in [6.07, 6.45) is 17.4. The Bertz CT molecular complexity index is 3670. The normalized spacial score (nSPS) is 21.4. The minimum atomic E-state index is -0.755. The van der Waals surface area contributed by atoms with Gasteiger partial charge < -0.3 is 33.6 Å². The van der Waals surface area contributed by atoms with Crippen LogP contribution in [0.3, 0.4) is 0 Å². The maximum Gasteiger partial charge on any atom is 0.410 e. The fourth-order valence-corrected chi connectivity index (χ4v) is 14.6. The fourth-order valence-electron chi connectivity index (χ4n) is 14.6. The molecule has 0 radical (unpaired) electrons. The van der Waals surface area contributed by atoms with Gasteiger partial charge in [-0.1, -0.05) is 12.0 Å². The number of ether oxygens (including phenoxy) is 4. The average Bonchev–Trinajstić information content (AvgIpc) is 1.93. The molecule has 3 aromatic carbocycles. The first kappa shape index (κ1) is 59.9. The third kappa shape index (κ3) is 12.4. The molecule has 3 amide bonds. The van der Waals surface area contributed by atoms with Crippen molar-refractivity contribution in [2.24, 2.45) is 17.8 Å². The topological polar surface area (TPSA) is 182 Å². The first-order valence-corrected chi connectivity index (χ1v) is 31.3. The van der Waals surface area contributed by atoms with Crippen LogP contribution in [0.5, 0.6) is 11.8 Å². The van der Waals surface area contributed by atoms with Crippen molar-refractivity contribution in [1.29, 1.82) is 0 Å². The number of benzene rings is 3. The number of nitrogens with zero attached hydrogens (tertiary/aromatic N) is 10. The van der Waals surface area contributed by atoms with Gasteiger partial charge in [0.25, 0.3) is 0 Å². The number of piperazine rings is 1. The summed E-state index contributed by atoms with van der Waals surface area (Å²) >= 11 is 0. The van der Waals surface area contributed by atoms with E-state index in [1.54, 1.807) is 33.5 Å². The molecule has 12 rings (SSSR count). The number of imide groups is 1. The molecular weight excluding hydrogens is 1110 g/mol. The smallest absolute Gasteiger partial charge is 0.410 e. The fraction of sp³-hybridized carbons (Fsp3) is 0.561. The summed E-state index contributed by atoms with van der Waals surface area (Å²) in [5.41, 5.74) is 1.85. The van der Waals surface area contributed by atoms with E-state index in [1.165, 1.54) is 32.4 Å². The van der Waals surface area contributed by atoms with Gasteiger partial charge in [0.15, 0.2) is 12.6 Å². The maximum absolute atomic E-state index is 17.6. The van der Waals surface area contributed by atoms with Gasteiger partial charge in [0.05, 0.1) is 34.1 Å². The zero-order valence-electron chi connectivity index (χ0n) is 51.0. The third-order valence-corrected chi connectivity index (χ3v) is 19.0. The van der Waals surface area contributed by atoms with Crippen molar-refractivity contribution >= 4 is 62.1 Å². The van der Waals surface area contributed by atoms with Crippen molar-refractivity contribution in [3.63, 3.8) is 0 Å². The Morgan fingerprint density at radius 2 is 1.52 bits per heavy atom. The highest BCUT2D eigenvalue weighted by Gasteiger charge is 2.45. The summed E-state index contributed by atoms with van der Waals surface area (Å²) in [4.78, 5) is 77.9. The van der Waals surface area contributed by atoms with Crippen molar-refractivity contribution in [2.75, 3.05) is 95.8 Å². The molecule has 0 saturated carbocycles. The van der Waals surface area contributed by atoms with Crippen molar-refractivity contribution in [3.8, 4) is 35.4 Å². The molecule has 6 aromatic rings. The van der Waals surface area contributed by atoms with Crippen LogP contribution in [0, 0.1) is 41.7 Å². The monoisotopic (exact) mass is 1190 g/mol. The number of piperidine rings is 4. The standard InChI is InChI=1S/C66H81F2N11O8/c1-8-49-52(67)13-9-44-32-48(86-39-84-7)34-50(57(44)49)59-58(68)60-51(35-69-59)61(76-37-46-10-11-47(38-76)78(46)65(83)87-66(4,5)6)72-63(71-60)85-30-29-73-23-17-41(18-24-73)31-42-19-25-74(26-20-42)36-43-21-27-75(28-22-43)45-12-14-53-55(33-45)77(40(2)3)64(82)79(53)54-15-16-56(80)70-62(54)81/h1,9,12-14,32-35,40-43,46-47,54H,10-11,15-31,36-39H2,2-7H3,(H,70,80,81). The van der Waals surface area contributed by atoms with Gasteiger partial charge in [0, 0.05) is 81.7 Å². The van der Waals surface area contributed by atoms with E-state index in [0.29, 0.717) is 72.2 Å². The van der Waals surface area contributed by atoms with Crippen LogP contribution in [0.25, 0.3) is 44.0 Å². The second kappa shape index (κ2) is 25.0. The van der Waals surface area contributed by atoms with Crippen molar-refractivity contribution < 1.29 is 42.1 Å². The Morgan fingerprint density at radius 1 is 0.816 bits per heavy atom. The molecule has 462 valence electrons. The molecule has 6 saturated heterocycles. The number of methoxy groups -OCH3 is 1. The highest BCUT2D eigenvalue weighted by molar-refractivity contribution is 6.03. The van der Waals surface area contributed by atoms with E-state index in [0.717, 1.165) is 107 Å². The number of aromatic nitrogens is 5. The van der Waals surface area contributed by atoms with Crippen molar-refractivity contribution in [2.45, 2.75) is 135 Å². The van der Waals surface area contributed by atoms with Crippen molar-refractivity contribution in [3.05, 3.63) is 76.3 Å². The predicted molar refractivity (Wildman–Crippen MR) is 329 cm³/mol. The highest BCUT2D eigenvalue weighted by Crippen LogP contribution is 2.42. The van der Waals surface area contributed by atoms with E-state index in [1.807, 2.05) is 45.6 Å². The summed E-state index contributed by atoms with van der Waals surface area (Å²) in [5.74, 6) is 3.21. The molecule has 6 aliphatic rings. The molecule has 0 spiro atoms. The number of hydrogen-bond donors (Lipinski definition) is 1. The van der Waals surface area contributed by atoms with Crippen LogP contribution in [-0.4, -0.2) is 160 Å². The van der Waals surface area contributed by atoms with Gasteiger partial charge in [0.2, 0.25) is 11.8 Å². The molecule has 6 aliphatic heterocycles. The second-order valence-electron chi connectivity index (χ2n) is 26.2. The number of anilines is 2. The number of terminal acetylenes is 1. The van der Waals surface area contributed by atoms with Gasteiger partial charge in [-0.15, -0.1) is 6.42 Å². The number of pyridine rings is 1. The van der Waals surface area contributed by atoms with E-state index in [4.69, 9.17) is 35.3 Å². The number of carbonyl (C=O) groups is 3. The second-order valence-corrected chi connectivity index (χ2v) is 26.2. The lowest BCUT2D eigenvalue weighted by molar-refractivity contribution is -0.135. The third-order valence-electron chi connectivity index (χ3n) is 19.0. The number of likely N-dealkylation sites (tertiary alicyclic amines) is 2. The molecule has 0 aliphatic carbocycles. The molecule has 6 fully saturated rings. The summed E-state index contributed by atoms with van der Waals surface area (Å²) in [6.45, 7) is 18.5. The summed E-state index contributed by atoms with van der Waals surface area (Å²) in [6, 6.07) is 11.2. The molecule has 3 aromatic heterocycles. The molecule has 21 heteroatoms. The van der Waals surface area contributed by atoms with Crippen LogP contribution < -0.4 is 30.3 Å². The van der Waals surface area contributed by atoms with Crippen LogP contribution in [-0.2, 0) is 19.1 Å². The lowest BCUT2D eigenvalue weighted by atomic mass is 9.82. The Hall–Kier alpha value is -7.41. The van der Waals surface area contributed by atoms with Crippen LogP contribution in [0.1, 0.15) is 123 Å². The number of hydrogen-bond acceptors (Lipinski definition) is 15. The number of rotatable bonds is 16. The first-order valence-electron chi connectivity index (χ1n) is 31.3. The average molecular weight is 1190 g/mol. The minimum absolute atomic E-state index is 0.0139. The van der Waals surface area contributed by atoms with E-state index in [2.05, 4.69) is 48.0 Å². The lowest BCUT2D eigenvalue weighted by Gasteiger charge is -2.42. The molecule has 9 heterocycles. The molecule has 3 atom stereocenters. The van der Waals surface area contributed by atoms with Gasteiger partial charge >= 0.3 is 17.8 Å². The molecular formula is C66H81F2N11O8. The quantitative estimate of drug-likeness (QED) is 0.0549. The first-order chi connectivity index (χ1) is 41.9. The molecule has 2 bridgehead atoms. The molecule has 1 N–H and O–H groups in total. The van der Waals surface area contributed by atoms with E-state index >= 15 is 8.78 Å². The van der Waals surface area contributed by atoms with Gasteiger partial charge in [-0.05, 0) is 185 Å². The Kier molecular flexibility index (Phi) is 17.2. The Balaban J connectivity index is 0.659. The number of amides is 3. The molecule has 87 heavy (non-hydrogen) atoms. The Morgan fingerprint density at radius 3 is 2.18 bits per heavy atom. The number of imidazole rings is 1. The van der Waals surface area contributed by atoms with E-state index in [-0.39, 0.29) is 77.4 Å². The SMILES string of the molecule is C#Cc1c(F)ccc2cc(OCOC)cc(-c3ncc4c(N5CC6CCC(C5)N6C(=O)OC(C)(C)C)nc(OCCN5CCC(CC6CCN(CC7CCN(c8ccc9c(c8)n(C(C)C)c(=O)n9C8CCC(=O)NC8=O)CC7)CC6)CC5)nc4c3F)c12. The van der Waals surface area contributed by atoms with Gasteiger partial charge in [0.1, 0.15) is 46.8 Å². The molecule has 19 nitrogen and oxygen atoms in total. The predicted octanol–water partition coefficient (Wildman–Crippen LogP) is 9.46. The lowest BCUT2D eigenvalue weighted by Crippen LogP contribution is -2.57. The minimum Gasteiger partial charge on any atom is -0.468 e. The van der Waals surface area contributed by atoms with Gasteiger partial charge in [-0.2, -0.15) is 9.97 Å². The van der Waals surface area contributed by atoms with Gasteiger partial charge in [-0.3, -0.25) is 38.8 Å². The highest BCUT2D eigenvalue weighted by atomic mass is 19.1. The van der Waals surface area contributed by atoms with Crippen LogP contribution in [0.4, 0.5) is 25.1 Å². The number of nitrogens with one attached hydrogen (secondary N) is 1. The largest absolute Gasteiger partial charge is 0.468 e. The van der Waals surface area contributed by atoms with Gasteiger partial charge in [-0.25, -0.2) is 18.4 Å². The van der Waals surface area contributed by atoms with Crippen LogP contribution >= 0.6 is 0 Å². The van der Waals surface area contributed by atoms with Crippen LogP contribution in [0.2, 0.25) is 0 Å². The zero-order chi connectivity index (χ0) is 60.8. The van der Waals surface area contributed by atoms with Crippen molar-refractivity contribution in [1.82, 2.24) is 44.1 Å². The number of carbonyl (C=O) groups excluding carboxylic acids is 3. The number of halogens is 2. The summed E-state index contributed by atoms with van der Waals surface area (Å²) in [5, 5.41) is 3.63.